The quantitative estimate of drug-likeness (QED) is 0.522. The molecule has 0 spiro atoms. The predicted octanol–water partition coefficient (Wildman–Crippen LogP) is 4.21. The fourth-order valence-electron chi connectivity index (χ4n) is 4.63. The van der Waals surface area contributed by atoms with E-state index in [1.165, 1.54) is 6.33 Å². The predicted molar refractivity (Wildman–Crippen MR) is 130 cm³/mol. The zero-order valence-electron chi connectivity index (χ0n) is 17.8. The van der Waals surface area contributed by atoms with Crippen LogP contribution in [0.5, 0.6) is 0 Å². The third kappa shape index (κ3) is 2.72. The van der Waals surface area contributed by atoms with E-state index in [-0.39, 0.29) is 6.04 Å². The Balaban J connectivity index is 1.50. The van der Waals surface area contributed by atoms with E-state index in [2.05, 4.69) is 56.1 Å². The first-order valence-corrected chi connectivity index (χ1v) is 10.7. The average Bonchev–Trinajstić information content (AvgIpc) is 3.43. The molecule has 3 aromatic heterocycles. The van der Waals surface area contributed by atoms with E-state index in [4.69, 9.17) is 5.10 Å². The van der Waals surface area contributed by atoms with Crippen molar-refractivity contribution in [2.75, 3.05) is 16.3 Å². The van der Waals surface area contributed by atoms with Crippen LogP contribution in [0.4, 0.5) is 11.5 Å². The number of fused-ring (bicyclic) bond motifs is 2. The molecule has 0 saturated carbocycles. The Morgan fingerprint density at radius 2 is 2.03 bits per heavy atom. The van der Waals surface area contributed by atoms with Crippen molar-refractivity contribution in [3.05, 3.63) is 85.1 Å². The smallest absolute Gasteiger partial charge is 0.157 e. The molecule has 160 valence electrons. The van der Waals surface area contributed by atoms with Gasteiger partial charge < -0.3 is 9.88 Å². The molecule has 0 amide bonds. The molecule has 0 radical (unpaired) electrons. The number of H-pyrrole nitrogens is 1. The highest BCUT2D eigenvalue weighted by atomic mass is 15.5. The second-order valence-electron chi connectivity index (χ2n) is 7.98. The number of anilines is 2. The number of amidine groups is 1. The van der Waals surface area contributed by atoms with Crippen molar-refractivity contribution in [1.82, 2.24) is 19.6 Å². The minimum Gasteiger partial charge on any atom is -0.345 e. The van der Waals surface area contributed by atoms with Gasteiger partial charge in [0.25, 0.3) is 0 Å². The summed E-state index contributed by atoms with van der Waals surface area (Å²) in [6.45, 7) is 9.18. The number of nitrogens with one attached hydrogen (secondary N) is 1. The van der Waals surface area contributed by atoms with Gasteiger partial charge in [-0.25, -0.2) is 14.6 Å². The first-order valence-electron chi connectivity index (χ1n) is 10.7. The molecule has 0 bridgehead atoms. The maximum Gasteiger partial charge on any atom is 0.157 e. The van der Waals surface area contributed by atoms with Crippen LogP contribution in [0, 0.1) is 11.3 Å². The van der Waals surface area contributed by atoms with Crippen LogP contribution in [0.3, 0.4) is 0 Å². The number of nitriles is 1. The van der Waals surface area contributed by atoms with E-state index in [1.54, 1.807) is 6.20 Å². The number of benzene rings is 1. The lowest BCUT2D eigenvalue weighted by Crippen LogP contribution is -2.58. The standard InChI is InChI=1S/C25H20N8/c1-3-17-9-12-32-22(17)16(2)33(19-7-5-4-6-8-19)24(30-32)20-10-11-31(20)25-21-18(13-26)14-27-23(21)28-15-29-25/h3-9,12,14-15,20H,1-2,10-11H2,(H,27,28,29)/t20-/m0/s1. The topological polar surface area (TPSA) is 89.1 Å². The zero-order chi connectivity index (χ0) is 22.5. The minimum atomic E-state index is -0.0377. The van der Waals surface area contributed by atoms with Crippen molar-refractivity contribution < 1.29 is 0 Å². The van der Waals surface area contributed by atoms with Crippen LogP contribution in [0.1, 0.15) is 23.2 Å². The van der Waals surface area contributed by atoms with Gasteiger partial charge >= 0.3 is 0 Å². The summed E-state index contributed by atoms with van der Waals surface area (Å²) in [6, 6.07) is 14.3. The molecule has 0 unspecified atom stereocenters. The van der Waals surface area contributed by atoms with Crippen LogP contribution in [-0.2, 0) is 0 Å². The third-order valence-corrected chi connectivity index (χ3v) is 6.27. The number of hydrogen-bond acceptors (Lipinski definition) is 6. The molecular formula is C25H20N8. The van der Waals surface area contributed by atoms with E-state index < -0.39 is 0 Å². The van der Waals surface area contributed by atoms with Gasteiger partial charge in [-0.05, 0) is 24.6 Å². The van der Waals surface area contributed by atoms with Crippen molar-refractivity contribution in [2.45, 2.75) is 12.5 Å². The lowest BCUT2D eigenvalue weighted by molar-refractivity contribution is 0.532. The number of para-hydroxylation sites is 1. The van der Waals surface area contributed by atoms with E-state index in [9.17, 15) is 5.26 Å². The largest absolute Gasteiger partial charge is 0.345 e. The van der Waals surface area contributed by atoms with Gasteiger partial charge in [0.2, 0.25) is 0 Å². The molecule has 6 rings (SSSR count). The second kappa shape index (κ2) is 7.21. The van der Waals surface area contributed by atoms with Crippen LogP contribution < -0.4 is 9.80 Å². The van der Waals surface area contributed by atoms with Gasteiger partial charge in [0.1, 0.15) is 23.9 Å². The van der Waals surface area contributed by atoms with Gasteiger partial charge in [-0.1, -0.05) is 37.4 Å². The van der Waals surface area contributed by atoms with Crippen molar-refractivity contribution >= 4 is 40.1 Å². The van der Waals surface area contributed by atoms with Crippen LogP contribution in [0.15, 0.2) is 73.4 Å². The SMILES string of the molecule is C=Cc1ccn2c1C(=C)N(c1ccccc1)C([C@@H]1CCN1c1ncnc3[nH]cc(C#N)c13)=N2. The molecule has 1 saturated heterocycles. The molecule has 8 heteroatoms. The maximum absolute atomic E-state index is 9.60. The third-order valence-electron chi connectivity index (χ3n) is 6.27. The van der Waals surface area contributed by atoms with E-state index in [1.807, 2.05) is 41.2 Å². The van der Waals surface area contributed by atoms with Gasteiger partial charge in [-0.15, -0.1) is 0 Å². The second-order valence-corrected chi connectivity index (χ2v) is 7.98. The summed E-state index contributed by atoms with van der Waals surface area (Å²) < 4.78 is 1.87. The lowest BCUT2D eigenvalue weighted by Gasteiger charge is -2.46. The highest BCUT2D eigenvalue weighted by molar-refractivity contribution is 6.14. The Kier molecular flexibility index (Phi) is 4.17. The Morgan fingerprint density at radius 1 is 1.18 bits per heavy atom. The molecule has 1 N–H and O–H groups in total. The Labute approximate surface area is 190 Å². The average molecular weight is 432 g/mol. The summed E-state index contributed by atoms with van der Waals surface area (Å²) in [5, 5.41) is 15.4. The van der Waals surface area contributed by atoms with Gasteiger partial charge in [-0.3, -0.25) is 4.90 Å². The first-order chi connectivity index (χ1) is 16.2. The summed E-state index contributed by atoms with van der Waals surface area (Å²) >= 11 is 0. The molecule has 1 atom stereocenters. The summed E-state index contributed by atoms with van der Waals surface area (Å²) in [5.74, 6) is 1.59. The van der Waals surface area contributed by atoms with Crippen LogP contribution >= 0.6 is 0 Å². The highest BCUT2D eigenvalue weighted by Gasteiger charge is 2.41. The number of aromatic nitrogens is 4. The van der Waals surface area contributed by atoms with Crippen molar-refractivity contribution in [3.63, 3.8) is 0 Å². The summed E-state index contributed by atoms with van der Waals surface area (Å²) in [5.41, 5.74) is 4.92. The summed E-state index contributed by atoms with van der Waals surface area (Å²) in [4.78, 5) is 16.2. The summed E-state index contributed by atoms with van der Waals surface area (Å²) in [6.07, 6.45) is 7.87. The van der Waals surface area contributed by atoms with E-state index >= 15 is 0 Å². The van der Waals surface area contributed by atoms with Crippen LogP contribution in [0.2, 0.25) is 0 Å². The number of rotatable bonds is 4. The van der Waals surface area contributed by atoms with E-state index in [0.29, 0.717) is 11.2 Å². The van der Waals surface area contributed by atoms with Crippen molar-refractivity contribution in [2.24, 2.45) is 5.10 Å². The lowest BCUT2D eigenvalue weighted by atomic mass is 9.98. The number of nitrogens with zero attached hydrogens (tertiary/aromatic N) is 7. The molecule has 33 heavy (non-hydrogen) atoms. The molecule has 2 aliphatic rings. The van der Waals surface area contributed by atoms with E-state index in [0.717, 1.165) is 52.6 Å². The zero-order valence-corrected chi connectivity index (χ0v) is 17.8. The molecule has 1 aromatic carbocycles. The molecular weight excluding hydrogens is 412 g/mol. The molecule has 4 aromatic rings. The Morgan fingerprint density at radius 3 is 2.76 bits per heavy atom. The molecule has 0 aliphatic carbocycles. The van der Waals surface area contributed by atoms with Gasteiger partial charge in [0.15, 0.2) is 5.84 Å². The highest BCUT2D eigenvalue weighted by Crippen LogP contribution is 2.38. The first kappa shape index (κ1) is 19.1. The number of hydrogen-bond donors (Lipinski definition) is 1. The number of aromatic amines is 1. The van der Waals surface area contributed by atoms with Crippen LogP contribution in [0.25, 0.3) is 22.8 Å². The normalized spacial score (nSPS) is 17.4. The maximum atomic E-state index is 9.60. The minimum absolute atomic E-state index is 0.0377. The van der Waals surface area contributed by atoms with Crippen molar-refractivity contribution in [3.8, 4) is 6.07 Å². The Hall–Kier alpha value is -4.64. The molecule has 5 heterocycles. The fourth-order valence-corrected chi connectivity index (χ4v) is 4.63. The van der Waals surface area contributed by atoms with Gasteiger partial charge in [-0.2, -0.15) is 10.4 Å². The fraction of sp³-hybridized carbons (Fsp3) is 0.120. The molecule has 1 fully saturated rings. The summed E-state index contributed by atoms with van der Waals surface area (Å²) in [7, 11) is 0. The molecule has 2 aliphatic heterocycles. The van der Waals surface area contributed by atoms with Crippen LogP contribution in [-0.4, -0.2) is 38.1 Å². The van der Waals surface area contributed by atoms with Gasteiger partial charge in [0.05, 0.1) is 28.4 Å². The van der Waals surface area contributed by atoms with Crippen molar-refractivity contribution in [1.29, 1.82) is 5.26 Å². The monoisotopic (exact) mass is 432 g/mol. The Bertz CT molecular complexity index is 1480. The van der Waals surface area contributed by atoms with Gasteiger partial charge in [0, 0.05) is 30.2 Å². The molecule has 8 nitrogen and oxygen atoms in total.